The van der Waals surface area contributed by atoms with Gasteiger partial charge in [-0.25, -0.2) is 0 Å². The molecule has 1 fully saturated rings. The first-order valence-corrected chi connectivity index (χ1v) is 7.21. The number of anilines is 1. The second-order valence-electron chi connectivity index (χ2n) is 5.84. The Labute approximate surface area is 119 Å². The summed E-state index contributed by atoms with van der Waals surface area (Å²) in [7, 11) is 0. The molecule has 0 aliphatic heterocycles. The van der Waals surface area contributed by atoms with E-state index in [9.17, 15) is 9.59 Å². The zero-order valence-corrected chi connectivity index (χ0v) is 12.1. The number of hydrogen-bond acceptors (Lipinski definition) is 2. The predicted molar refractivity (Wildman–Crippen MR) is 79.1 cm³/mol. The smallest absolute Gasteiger partial charge is 0.227 e. The van der Waals surface area contributed by atoms with E-state index in [1.54, 1.807) is 0 Å². The third kappa shape index (κ3) is 4.68. The van der Waals surface area contributed by atoms with Crippen LogP contribution in [0.4, 0.5) is 5.69 Å². The van der Waals surface area contributed by atoms with Crippen LogP contribution in [0.25, 0.3) is 0 Å². The number of amides is 2. The number of carbonyl (C=O) groups is 2. The summed E-state index contributed by atoms with van der Waals surface area (Å²) in [5.74, 6) is 0.724. The first kappa shape index (κ1) is 14.6. The Hall–Kier alpha value is -1.84. The minimum Gasteiger partial charge on any atom is -0.352 e. The molecule has 0 saturated heterocycles. The van der Waals surface area contributed by atoms with Crippen LogP contribution in [0.2, 0.25) is 0 Å². The van der Waals surface area contributed by atoms with Gasteiger partial charge in [-0.3, -0.25) is 9.59 Å². The van der Waals surface area contributed by atoms with Crippen molar-refractivity contribution in [1.29, 1.82) is 0 Å². The average Bonchev–Trinajstić information content (AvgIpc) is 3.20. The van der Waals surface area contributed by atoms with Crippen LogP contribution >= 0.6 is 0 Å². The minimum absolute atomic E-state index is 0.0624. The number of hydrogen-bond donors (Lipinski definition) is 2. The van der Waals surface area contributed by atoms with Crippen molar-refractivity contribution in [1.82, 2.24) is 5.32 Å². The van der Waals surface area contributed by atoms with E-state index in [2.05, 4.69) is 10.6 Å². The Morgan fingerprint density at radius 2 is 2.05 bits per heavy atom. The Morgan fingerprint density at radius 1 is 1.30 bits per heavy atom. The lowest BCUT2D eigenvalue weighted by Gasteiger charge is -2.09. The fourth-order valence-corrected chi connectivity index (χ4v) is 1.99. The highest BCUT2D eigenvalue weighted by Gasteiger charge is 2.29. The summed E-state index contributed by atoms with van der Waals surface area (Å²) < 4.78 is 0. The van der Waals surface area contributed by atoms with Gasteiger partial charge in [0, 0.05) is 24.6 Å². The maximum atomic E-state index is 11.7. The summed E-state index contributed by atoms with van der Waals surface area (Å²) in [5.41, 5.74) is 1.80. The van der Waals surface area contributed by atoms with Crippen LogP contribution in [0.1, 0.15) is 38.7 Å². The summed E-state index contributed by atoms with van der Waals surface area (Å²) in [4.78, 5) is 23.3. The van der Waals surface area contributed by atoms with Crippen molar-refractivity contribution < 1.29 is 9.59 Å². The molecule has 1 saturated carbocycles. The largest absolute Gasteiger partial charge is 0.352 e. The van der Waals surface area contributed by atoms with Gasteiger partial charge in [0.15, 0.2) is 0 Å². The van der Waals surface area contributed by atoms with Crippen LogP contribution in [0.3, 0.4) is 0 Å². The standard InChI is InChI=1S/C16H22N2O2/c1-11(2)8-15(19)17-10-12-4-3-5-14(9-12)18-16(20)13-6-7-13/h3-5,9,11,13H,6-8,10H2,1-2H3,(H,17,19)(H,18,20). The SMILES string of the molecule is CC(C)CC(=O)NCc1cccc(NC(=O)C2CC2)c1. The van der Waals surface area contributed by atoms with E-state index in [1.165, 1.54) is 0 Å². The third-order valence-corrected chi connectivity index (χ3v) is 3.23. The van der Waals surface area contributed by atoms with E-state index in [1.807, 2.05) is 38.1 Å². The quantitative estimate of drug-likeness (QED) is 0.838. The first-order chi connectivity index (χ1) is 9.54. The van der Waals surface area contributed by atoms with Gasteiger partial charge in [0.2, 0.25) is 11.8 Å². The van der Waals surface area contributed by atoms with E-state index in [0.717, 1.165) is 24.1 Å². The maximum absolute atomic E-state index is 11.7. The van der Waals surface area contributed by atoms with Gasteiger partial charge in [-0.2, -0.15) is 0 Å². The highest BCUT2D eigenvalue weighted by atomic mass is 16.2. The molecule has 1 aliphatic carbocycles. The Balaban J connectivity index is 1.85. The molecule has 1 aromatic carbocycles. The van der Waals surface area contributed by atoms with Gasteiger partial charge in [-0.1, -0.05) is 26.0 Å². The van der Waals surface area contributed by atoms with Crippen LogP contribution in [-0.2, 0) is 16.1 Å². The van der Waals surface area contributed by atoms with Gasteiger partial charge in [0.1, 0.15) is 0 Å². The van der Waals surface area contributed by atoms with Crippen LogP contribution in [0.15, 0.2) is 24.3 Å². The molecule has 0 aromatic heterocycles. The van der Waals surface area contributed by atoms with Crippen LogP contribution in [0, 0.1) is 11.8 Å². The normalized spacial score (nSPS) is 14.2. The highest BCUT2D eigenvalue weighted by molar-refractivity contribution is 5.94. The van der Waals surface area contributed by atoms with Gasteiger partial charge in [0.05, 0.1) is 0 Å². The minimum atomic E-state index is 0.0624. The van der Waals surface area contributed by atoms with Crippen LogP contribution < -0.4 is 10.6 Å². The van der Waals surface area contributed by atoms with Crippen LogP contribution in [0.5, 0.6) is 0 Å². The molecule has 2 amide bonds. The molecular formula is C16H22N2O2. The van der Waals surface area contributed by atoms with E-state index in [0.29, 0.717) is 18.9 Å². The lowest BCUT2D eigenvalue weighted by molar-refractivity contribution is -0.122. The molecule has 0 heterocycles. The Bertz CT molecular complexity index is 493. The average molecular weight is 274 g/mol. The molecule has 0 atom stereocenters. The molecular weight excluding hydrogens is 252 g/mol. The van der Waals surface area contributed by atoms with Crippen molar-refractivity contribution in [2.45, 2.75) is 39.7 Å². The van der Waals surface area contributed by atoms with Crippen molar-refractivity contribution in [3.63, 3.8) is 0 Å². The topological polar surface area (TPSA) is 58.2 Å². The summed E-state index contributed by atoms with van der Waals surface area (Å²) in [6, 6.07) is 7.63. The van der Waals surface area contributed by atoms with Crippen molar-refractivity contribution in [3.05, 3.63) is 29.8 Å². The summed E-state index contributed by atoms with van der Waals surface area (Å²) >= 11 is 0. The van der Waals surface area contributed by atoms with E-state index in [-0.39, 0.29) is 17.7 Å². The highest BCUT2D eigenvalue weighted by Crippen LogP contribution is 2.30. The zero-order valence-electron chi connectivity index (χ0n) is 12.1. The summed E-state index contributed by atoms with van der Waals surface area (Å²) in [5, 5.41) is 5.81. The molecule has 0 spiro atoms. The van der Waals surface area contributed by atoms with Gasteiger partial charge < -0.3 is 10.6 Å². The van der Waals surface area contributed by atoms with Crippen LogP contribution in [-0.4, -0.2) is 11.8 Å². The summed E-state index contributed by atoms with van der Waals surface area (Å²) in [6.07, 6.45) is 2.53. The van der Waals surface area contributed by atoms with Gasteiger partial charge >= 0.3 is 0 Å². The molecule has 108 valence electrons. The second kappa shape index (κ2) is 6.55. The summed E-state index contributed by atoms with van der Waals surface area (Å²) in [6.45, 7) is 4.54. The number of carbonyl (C=O) groups excluding carboxylic acids is 2. The molecule has 4 heteroatoms. The van der Waals surface area contributed by atoms with Crippen molar-refractivity contribution >= 4 is 17.5 Å². The fourth-order valence-electron chi connectivity index (χ4n) is 1.99. The zero-order chi connectivity index (χ0) is 14.5. The van der Waals surface area contributed by atoms with Crippen molar-refractivity contribution in [3.8, 4) is 0 Å². The molecule has 20 heavy (non-hydrogen) atoms. The molecule has 0 unspecified atom stereocenters. The van der Waals surface area contributed by atoms with E-state index >= 15 is 0 Å². The Kier molecular flexibility index (Phi) is 4.77. The number of benzene rings is 1. The van der Waals surface area contributed by atoms with E-state index in [4.69, 9.17) is 0 Å². The monoisotopic (exact) mass is 274 g/mol. The molecule has 2 rings (SSSR count). The lowest BCUT2D eigenvalue weighted by Crippen LogP contribution is -2.24. The number of rotatable bonds is 6. The Morgan fingerprint density at radius 3 is 2.70 bits per heavy atom. The molecule has 0 radical (unpaired) electrons. The molecule has 0 bridgehead atoms. The van der Waals surface area contributed by atoms with Gasteiger partial charge in [-0.15, -0.1) is 0 Å². The number of nitrogens with one attached hydrogen (secondary N) is 2. The van der Waals surface area contributed by atoms with E-state index < -0.39 is 0 Å². The predicted octanol–water partition coefficient (Wildman–Crippen LogP) is 2.70. The second-order valence-corrected chi connectivity index (χ2v) is 5.84. The van der Waals surface area contributed by atoms with Gasteiger partial charge in [0.25, 0.3) is 0 Å². The lowest BCUT2D eigenvalue weighted by atomic mass is 10.1. The maximum Gasteiger partial charge on any atom is 0.227 e. The van der Waals surface area contributed by atoms with Gasteiger partial charge in [-0.05, 0) is 36.5 Å². The van der Waals surface area contributed by atoms with Crippen molar-refractivity contribution in [2.24, 2.45) is 11.8 Å². The van der Waals surface area contributed by atoms with Crippen molar-refractivity contribution in [2.75, 3.05) is 5.32 Å². The third-order valence-electron chi connectivity index (χ3n) is 3.23. The first-order valence-electron chi connectivity index (χ1n) is 7.21. The molecule has 4 nitrogen and oxygen atoms in total. The fraction of sp³-hybridized carbons (Fsp3) is 0.500. The molecule has 1 aliphatic rings. The molecule has 2 N–H and O–H groups in total. The molecule has 1 aromatic rings.